The lowest BCUT2D eigenvalue weighted by molar-refractivity contribution is -0.145. The van der Waals surface area contributed by atoms with Gasteiger partial charge in [0, 0.05) is 43.6 Å². The van der Waals surface area contributed by atoms with Crippen molar-refractivity contribution in [1.82, 2.24) is 19.9 Å². The van der Waals surface area contributed by atoms with Gasteiger partial charge in [-0.25, -0.2) is 9.78 Å². The molecule has 8 heteroatoms. The van der Waals surface area contributed by atoms with Crippen LogP contribution in [0.4, 0.5) is 5.69 Å². The number of anilines is 1. The third-order valence-electron chi connectivity index (χ3n) is 6.92. The molecule has 2 aromatic carbocycles. The molecular weight excluding hydrogens is 466 g/mol. The lowest BCUT2D eigenvalue weighted by Crippen LogP contribution is -2.48. The van der Waals surface area contributed by atoms with Crippen molar-refractivity contribution in [3.63, 3.8) is 0 Å². The Morgan fingerprint density at radius 3 is 2.59 bits per heavy atom. The molecule has 8 nitrogen and oxygen atoms in total. The first kappa shape index (κ1) is 24.5. The Kier molecular flexibility index (Phi) is 7.44. The van der Waals surface area contributed by atoms with E-state index in [0.29, 0.717) is 19.4 Å². The number of benzene rings is 2. The number of fused-ring (bicyclic) bond motifs is 1. The molecule has 0 saturated carbocycles. The Morgan fingerprint density at radius 1 is 1.05 bits per heavy atom. The van der Waals surface area contributed by atoms with Crippen LogP contribution in [0.25, 0.3) is 10.9 Å². The average molecular weight is 498 g/mol. The van der Waals surface area contributed by atoms with Gasteiger partial charge in [0.05, 0.1) is 36.5 Å². The topological polar surface area (TPSA) is 89.3 Å². The Hall–Kier alpha value is -4.20. The summed E-state index contributed by atoms with van der Waals surface area (Å²) >= 11 is 0. The van der Waals surface area contributed by atoms with Gasteiger partial charge in [0.1, 0.15) is 6.04 Å². The van der Waals surface area contributed by atoms with Gasteiger partial charge in [0.2, 0.25) is 5.91 Å². The largest absolute Gasteiger partial charge is 0.467 e. The number of carbonyl (C=O) groups excluding carboxylic acids is 2. The Labute approximate surface area is 216 Å². The molecule has 2 aromatic heterocycles. The first-order valence-electron chi connectivity index (χ1n) is 12.6. The summed E-state index contributed by atoms with van der Waals surface area (Å²) in [7, 11) is 1.34. The Balaban J connectivity index is 1.18. The van der Waals surface area contributed by atoms with Gasteiger partial charge >= 0.3 is 5.97 Å². The van der Waals surface area contributed by atoms with E-state index in [2.05, 4.69) is 44.5 Å². The number of para-hydroxylation sites is 1. The fourth-order valence-electron chi connectivity index (χ4n) is 4.86. The highest BCUT2D eigenvalue weighted by atomic mass is 16.5. The maximum atomic E-state index is 13.1. The van der Waals surface area contributed by atoms with E-state index in [4.69, 9.17) is 4.74 Å². The van der Waals surface area contributed by atoms with Crippen LogP contribution in [-0.4, -0.2) is 52.7 Å². The van der Waals surface area contributed by atoms with E-state index in [1.807, 2.05) is 53.4 Å². The molecule has 0 bridgehead atoms. The molecule has 1 aliphatic rings. The number of hydrogen-bond acceptors (Lipinski definition) is 6. The van der Waals surface area contributed by atoms with E-state index in [1.165, 1.54) is 7.11 Å². The van der Waals surface area contributed by atoms with Gasteiger partial charge in [-0.1, -0.05) is 48.5 Å². The smallest absolute Gasteiger partial charge is 0.328 e. The predicted molar refractivity (Wildman–Crippen MR) is 142 cm³/mol. The van der Waals surface area contributed by atoms with E-state index in [0.717, 1.165) is 40.9 Å². The van der Waals surface area contributed by atoms with Gasteiger partial charge in [0.15, 0.2) is 0 Å². The quantitative estimate of drug-likeness (QED) is 0.374. The summed E-state index contributed by atoms with van der Waals surface area (Å²) in [5, 5.41) is 4.03. The molecule has 1 fully saturated rings. The van der Waals surface area contributed by atoms with Crippen LogP contribution in [0.15, 0.2) is 79.4 Å². The first-order chi connectivity index (χ1) is 18.1. The molecule has 37 heavy (non-hydrogen) atoms. The second-order valence-electron chi connectivity index (χ2n) is 9.46. The number of piperidine rings is 1. The number of nitrogens with zero attached hydrogens (tertiary/aromatic N) is 4. The molecule has 1 saturated heterocycles. The van der Waals surface area contributed by atoms with Crippen LogP contribution in [0.5, 0.6) is 0 Å². The van der Waals surface area contributed by atoms with Gasteiger partial charge in [0.25, 0.3) is 0 Å². The monoisotopic (exact) mass is 497 g/mol. The summed E-state index contributed by atoms with van der Waals surface area (Å²) in [4.78, 5) is 36.9. The molecule has 1 N–H and O–H groups in total. The van der Waals surface area contributed by atoms with Crippen LogP contribution >= 0.6 is 0 Å². The van der Waals surface area contributed by atoms with E-state index in [1.54, 1.807) is 6.33 Å². The number of hydrogen-bond donors (Lipinski definition) is 1. The van der Waals surface area contributed by atoms with Crippen LogP contribution in [0, 0.1) is 5.92 Å². The summed E-state index contributed by atoms with van der Waals surface area (Å²) in [5.74, 6) is -0.742. The van der Waals surface area contributed by atoms with Crippen LogP contribution < -0.4 is 10.2 Å². The molecule has 1 aliphatic heterocycles. The molecule has 190 valence electrons. The van der Waals surface area contributed by atoms with Crippen molar-refractivity contribution in [2.45, 2.75) is 31.8 Å². The maximum Gasteiger partial charge on any atom is 0.328 e. The summed E-state index contributed by atoms with van der Waals surface area (Å²) in [5.41, 5.74) is 3.93. The molecule has 3 heterocycles. The highest BCUT2D eigenvalue weighted by Gasteiger charge is 2.30. The minimum absolute atomic E-state index is 0.115. The predicted octanol–water partition coefficient (Wildman–Crippen LogP) is 3.60. The summed E-state index contributed by atoms with van der Waals surface area (Å²) < 4.78 is 6.95. The zero-order valence-electron chi connectivity index (χ0n) is 20.9. The number of esters is 1. The number of pyridine rings is 1. The Bertz CT molecular complexity index is 1360. The van der Waals surface area contributed by atoms with Crippen LogP contribution in [0.3, 0.4) is 0 Å². The number of nitrogens with one attached hydrogen (secondary N) is 1. The van der Waals surface area contributed by atoms with Gasteiger partial charge in [-0.15, -0.1) is 0 Å². The van der Waals surface area contributed by atoms with Gasteiger partial charge < -0.3 is 19.5 Å². The summed E-state index contributed by atoms with van der Waals surface area (Å²) in [6.45, 7) is 2.20. The zero-order valence-corrected chi connectivity index (χ0v) is 20.9. The lowest BCUT2D eigenvalue weighted by Gasteiger charge is -2.33. The van der Waals surface area contributed by atoms with Crippen LogP contribution in [-0.2, 0) is 27.3 Å². The highest BCUT2D eigenvalue weighted by molar-refractivity contribution is 5.86. The van der Waals surface area contributed by atoms with E-state index in [9.17, 15) is 9.59 Å². The van der Waals surface area contributed by atoms with Crippen LogP contribution in [0.2, 0.25) is 0 Å². The molecular formula is C29H31N5O3. The van der Waals surface area contributed by atoms with Gasteiger partial charge in [-0.05, 0) is 30.5 Å². The number of carbonyl (C=O) groups is 2. The maximum absolute atomic E-state index is 13.1. The first-order valence-corrected chi connectivity index (χ1v) is 12.6. The fraction of sp³-hybridized carbons (Fsp3) is 0.310. The summed E-state index contributed by atoms with van der Waals surface area (Å²) in [6.07, 6.45) is 7.24. The van der Waals surface area contributed by atoms with E-state index >= 15 is 0 Å². The summed E-state index contributed by atoms with van der Waals surface area (Å²) in [6, 6.07) is 19.5. The normalized spacial score (nSPS) is 14.9. The van der Waals surface area contributed by atoms with Gasteiger partial charge in [-0.3, -0.25) is 9.78 Å². The number of aromatic nitrogens is 3. The second-order valence-corrected chi connectivity index (χ2v) is 9.46. The number of rotatable bonds is 8. The number of ether oxygens (including phenoxy) is 1. The van der Waals surface area contributed by atoms with Crippen molar-refractivity contribution in [3.8, 4) is 0 Å². The van der Waals surface area contributed by atoms with Crippen molar-refractivity contribution < 1.29 is 14.3 Å². The lowest BCUT2D eigenvalue weighted by atomic mass is 9.95. The van der Waals surface area contributed by atoms with E-state index < -0.39 is 12.0 Å². The highest BCUT2D eigenvalue weighted by Crippen LogP contribution is 2.25. The third kappa shape index (κ3) is 5.97. The van der Waals surface area contributed by atoms with Crippen molar-refractivity contribution >= 4 is 28.5 Å². The molecule has 0 spiro atoms. The average Bonchev–Trinajstić information content (AvgIpc) is 3.39. The molecule has 1 unspecified atom stereocenters. The van der Waals surface area contributed by atoms with Crippen molar-refractivity contribution in [3.05, 3.63) is 90.6 Å². The van der Waals surface area contributed by atoms with Crippen molar-refractivity contribution in [1.29, 1.82) is 0 Å². The molecule has 4 aromatic rings. The second kappa shape index (κ2) is 11.2. The molecule has 5 rings (SSSR count). The minimum atomic E-state index is -0.778. The van der Waals surface area contributed by atoms with Gasteiger partial charge in [-0.2, -0.15) is 0 Å². The SMILES string of the molecule is COC(=O)C(Cc1cn(Cc2ccccc2)cn1)NC(=O)C1CCN(c2cnc3ccccc3c2)CC1. The fourth-order valence-corrected chi connectivity index (χ4v) is 4.86. The zero-order chi connectivity index (χ0) is 25.6. The standard InChI is InChI=1S/C29H31N5O3/c1-37-29(36)27(16-24-19-33(20-31-24)18-21-7-3-2-4-8-21)32-28(35)22-11-13-34(14-12-22)25-15-23-9-5-6-10-26(23)30-17-25/h2-10,15,17,19-20,22,27H,11-14,16,18H2,1H3,(H,32,35). The number of methoxy groups -OCH3 is 1. The minimum Gasteiger partial charge on any atom is -0.467 e. The Morgan fingerprint density at radius 2 is 1.81 bits per heavy atom. The molecule has 1 atom stereocenters. The molecule has 0 aliphatic carbocycles. The molecule has 1 amide bonds. The number of amides is 1. The van der Waals surface area contributed by atoms with Crippen molar-refractivity contribution in [2.24, 2.45) is 5.92 Å². The third-order valence-corrected chi connectivity index (χ3v) is 6.92. The molecule has 0 radical (unpaired) electrons. The van der Waals surface area contributed by atoms with E-state index in [-0.39, 0.29) is 18.2 Å². The number of imidazole rings is 1. The van der Waals surface area contributed by atoms with Crippen LogP contribution in [0.1, 0.15) is 24.1 Å². The van der Waals surface area contributed by atoms with Crippen molar-refractivity contribution in [2.75, 3.05) is 25.1 Å².